The van der Waals surface area contributed by atoms with Crippen molar-refractivity contribution in [2.75, 3.05) is 20.1 Å². The lowest BCUT2D eigenvalue weighted by Crippen LogP contribution is -2.25. The number of aromatic amines is 2. The first-order valence-corrected chi connectivity index (χ1v) is 6.62. The summed E-state index contributed by atoms with van der Waals surface area (Å²) in [4.78, 5) is 2.19. The molecule has 1 aromatic carbocycles. The van der Waals surface area contributed by atoms with Gasteiger partial charge in [-0.05, 0) is 19.2 Å². The van der Waals surface area contributed by atoms with Crippen LogP contribution in [0.15, 0.2) is 30.6 Å². The van der Waals surface area contributed by atoms with Crippen molar-refractivity contribution in [1.29, 1.82) is 0 Å². The molecule has 2 aromatic heterocycles. The van der Waals surface area contributed by atoms with Crippen molar-refractivity contribution in [3.63, 3.8) is 0 Å². The van der Waals surface area contributed by atoms with Crippen molar-refractivity contribution in [3.8, 4) is 11.3 Å². The Morgan fingerprint density at radius 1 is 1.20 bits per heavy atom. The van der Waals surface area contributed by atoms with E-state index in [1.54, 1.807) is 0 Å². The van der Waals surface area contributed by atoms with Crippen LogP contribution in [0.2, 0.25) is 0 Å². The molecule has 3 aromatic rings. The van der Waals surface area contributed by atoms with Crippen LogP contribution in [0.3, 0.4) is 0 Å². The van der Waals surface area contributed by atoms with Crippen molar-refractivity contribution < 1.29 is 0 Å². The highest BCUT2D eigenvalue weighted by Gasteiger charge is 2.10. The van der Waals surface area contributed by atoms with Crippen LogP contribution in [0.5, 0.6) is 0 Å². The fourth-order valence-corrected chi connectivity index (χ4v) is 2.37. The van der Waals surface area contributed by atoms with Crippen LogP contribution in [0, 0.1) is 0 Å². The predicted molar refractivity (Wildman–Crippen MR) is 79.1 cm³/mol. The lowest BCUT2D eigenvalue weighted by molar-refractivity contribution is 0.337. The van der Waals surface area contributed by atoms with E-state index in [-0.39, 0.29) is 0 Å². The number of benzene rings is 1. The van der Waals surface area contributed by atoms with Crippen LogP contribution in [-0.4, -0.2) is 45.4 Å². The SMILES string of the molecule is CN(CCN)Cc1cn[nH]c1-c1ccc2[nH]ncc2c1. The number of nitrogens with two attached hydrogens (primary N) is 1. The van der Waals surface area contributed by atoms with Crippen LogP contribution < -0.4 is 5.73 Å². The molecule has 0 saturated carbocycles. The molecule has 0 aliphatic rings. The molecule has 0 spiro atoms. The van der Waals surface area contributed by atoms with Gasteiger partial charge in [-0.1, -0.05) is 6.07 Å². The van der Waals surface area contributed by atoms with Crippen molar-refractivity contribution in [1.82, 2.24) is 25.3 Å². The second kappa shape index (κ2) is 5.44. The molecule has 0 saturated heterocycles. The first-order valence-electron chi connectivity index (χ1n) is 6.62. The Balaban J connectivity index is 1.91. The van der Waals surface area contributed by atoms with Crippen molar-refractivity contribution in [2.45, 2.75) is 6.54 Å². The van der Waals surface area contributed by atoms with E-state index in [2.05, 4.69) is 44.5 Å². The van der Waals surface area contributed by atoms with Gasteiger partial charge in [-0.25, -0.2) is 0 Å². The van der Waals surface area contributed by atoms with Crippen LogP contribution in [0.25, 0.3) is 22.2 Å². The summed E-state index contributed by atoms with van der Waals surface area (Å²) in [5.41, 5.74) is 9.96. The number of hydrogen-bond acceptors (Lipinski definition) is 4. The van der Waals surface area contributed by atoms with Crippen LogP contribution in [0.4, 0.5) is 0 Å². The molecule has 0 aliphatic carbocycles. The zero-order chi connectivity index (χ0) is 13.9. The van der Waals surface area contributed by atoms with Crippen LogP contribution >= 0.6 is 0 Å². The second-order valence-electron chi connectivity index (χ2n) is 4.97. The van der Waals surface area contributed by atoms with Crippen molar-refractivity contribution in [3.05, 3.63) is 36.2 Å². The van der Waals surface area contributed by atoms with Crippen LogP contribution in [-0.2, 0) is 6.54 Å². The Morgan fingerprint density at radius 3 is 2.90 bits per heavy atom. The number of H-pyrrole nitrogens is 2. The molecule has 0 fully saturated rings. The minimum atomic E-state index is 0.657. The lowest BCUT2D eigenvalue weighted by Gasteiger charge is -2.15. The quantitative estimate of drug-likeness (QED) is 0.653. The number of rotatable bonds is 5. The van der Waals surface area contributed by atoms with E-state index in [0.29, 0.717) is 6.54 Å². The zero-order valence-corrected chi connectivity index (χ0v) is 11.4. The molecular formula is C14H18N6. The monoisotopic (exact) mass is 270 g/mol. The summed E-state index contributed by atoms with van der Waals surface area (Å²) in [7, 11) is 2.06. The molecule has 2 heterocycles. The summed E-state index contributed by atoms with van der Waals surface area (Å²) in [6.45, 7) is 2.35. The average Bonchev–Trinajstić information content (AvgIpc) is 3.06. The number of hydrogen-bond donors (Lipinski definition) is 3. The number of nitrogens with zero attached hydrogens (tertiary/aromatic N) is 3. The smallest absolute Gasteiger partial charge is 0.0695 e. The first kappa shape index (κ1) is 12.8. The molecule has 6 nitrogen and oxygen atoms in total. The van der Waals surface area contributed by atoms with Gasteiger partial charge in [0.1, 0.15) is 0 Å². The zero-order valence-electron chi connectivity index (χ0n) is 11.4. The van der Waals surface area contributed by atoms with Gasteiger partial charge < -0.3 is 10.6 Å². The normalized spacial score (nSPS) is 11.6. The van der Waals surface area contributed by atoms with Crippen molar-refractivity contribution in [2.24, 2.45) is 5.73 Å². The van der Waals surface area contributed by atoms with Gasteiger partial charge in [0.2, 0.25) is 0 Å². The number of fused-ring (bicyclic) bond motifs is 1. The Kier molecular flexibility index (Phi) is 3.49. The highest BCUT2D eigenvalue weighted by atomic mass is 15.1. The maximum atomic E-state index is 5.58. The number of nitrogens with one attached hydrogen (secondary N) is 2. The third-order valence-electron chi connectivity index (χ3n) is 3.40. The minimum absolute atomic E-state index is 0.657. The summed E-state index contributed by atoms with van der Waals surface area (Å²) in [5.74, 6) is 0. The molecule has 6 heteroatoms. The first-order chi connectivity index (χ1) is 9.78. The maximum absolute atomic E-state index is 5.58. The van der Waals surface area contributed by atoms with Gasteiger partial charge in [0.15, 0.2) is 0 Å². The van der Waals surface area contributed by atoms with Gasteiger partial charge in [-0.15, -0.1) is 0 Å². The minimum Gasteiger partial charge on any atom is -0.329 e. The van der Waals surface area contributed by atoms with E-state index < -0.39 is 0 Å². The van der Waals surface area contributed by atoms with Crippen LogP contribution in [0.1, 0.15) is 5.56 Å². The molecular weight excluding hydrogens is 252 g/mol. The van der Waals surface area contributed by atoms with Gasteiger partial charge >= 0.3 is 0 Å². The maximum Gasteiger partial charge on any atom is 0.0695 e. The largest absolute Gasteiger partial charge is 0.329 e. The van der Waals surface area contributed by atoms with E-state index in [9.17, 15) is 0 Å². The summed E-state index contributed by atoms with van der Waals surface area (Å²) in [5, 5.41) is 15.4. The van der Waals surface area contributed by atoms with Gasteiger partial charge in [-0.2, -0.15) is 10.2 Å². The van der Waals surface area contributed by atoms with Gasteiger partial charge in [0, 0.05) is 36.1 Å². The molecule has 0 unspecified atom stereocenters. The summed E-state index contributed by atoms with van der Waals surface area (Å²) < 4.78 is 0. The van der Waals surface area contributed by atoms with E-state index in [4.69, 9.17) is 5.73 Å². The average molecular weight is 270 g/mol. The molecule has 0 amide bonds. The Labute approximate surface area is 117 Å². The summed E-state index contributed by atoms with van der Waals surface area (Å²) in [6.07, 6.45) is 3.71. The molecule has 0 radical (unpaired) electrons. The Hall–Kier alpha value is -2.18. The van der Waals surface area contributed by atoms with Gasteiger partial charge in [0.25, 0.3) is 0 Å². The molecule has 20 heavy (non-hydrogen) atoms. The Morgan fingerprint density at radius 2 is 2.05 bits per heavy atom. The number of likely N-dealkylation sites (N-methyl/N-ethyl adjacent to an activating group) is 1. The number of aromatic nitrogens is 4. The Bertz CT molecular complexity index is 698. The third kappa shape index (κ3) is 2.43. The van der Waals surface area contributed by atoms with Gasteiger partial charge in [0.05, 0.1) is 23.6 Å². The fourth-order valence-electron chi connectivity index (χ4n) is 2.37. The van der Waals surface area contributed by atoms with E-state index in [1.165, 1.54) is 5.56 Å². The highest BCUT2D eigenvalue weighted by Crippen LogP contribution is 2.25. The summed E-state index contributed by atoms with van der Waals surface area (Å²) in [6, 6.07) is 6.21. The predicted octanol–water partition coefficient (Wildman–Crippen LogP) is 1.34. The topological polar surface area (TPSA) is 86.6 Å². The second-order valence-corrected chi connectivity index (χ2v) is 4.97. The summed E-state index contributed by atoms with van der Waals surface area (Å²) >= 11 is 0. The standard InChI is InChI=1S/C14H18N6/c1-20(5-4-15)9-12-8-17-19-14(12)10-2-3-13-11(6-10)7-16-18-13/h2-3,6-8H,4-5,9,15H2,1H3,(H,16,18)(H,17,19). The van der Waals surface area contributed by atoms with E-state index in [1.807, 2.05) is 18.5 Å². The fraction of sp³-hybridized carbons (Fsp3) is 0.286. The molecule has 0 atom stereocenters. The highest BCUT2D eigenvalue weighted by molar-refractivity contribution is 5.83. The van der Waals surface area contributed by atoms with Gasteiger partial charge in [-0.3, -0.25) is 10.2 Å². The molecule has 4 N–H and O–H groups in total. The third-order valence-corrected chi connectivity index (χ3v) is 3.40. The van der Waals surface area contributed by atoms with Crippen molar-refractivity contribution >= 4 is 10.9 Å². The van der Waals surface area contributed by atoms with E-state index in [0.717, 1.165) is 35.2 Å². The molecule has 104 valence electrons. The lowest BCUT2D eigenvalue weighted by atomic mass is 10.1. The van der Waals surface area contributed by atoms with E-state index >= 15 is 0 Å². The molecule has 3 rings (SSSR count). The molecule has 0 aliphatic heterocycles. The molecule has 0 bridgehead atoms.